The molecule has 1 amide bonds. The molecule has 3 nitrogen and oxygen atoms in total. The second kappa shape index (κ2) is 6.34. The predicted octanol–water partition coefficient (Wildman–Crippen LogP) is 4.44. The zero-order valence-electron chi connectivity index (χ0n) is 11.6. The number of halogens is 3. The summed E-state index contributed by atoms with van der Waals surface area (Å²) >= 11 is 9.35. The number of carbonyl (C=O) groups excluding carboxylic acids is 1. The molecule has 0 atom stereocenters. The molecule has 1 aliphatic rings. The van der Waals surface area contributed by atoms with Gasteiger partial charge in [-0.25, -0.2) is 9.37 Å². The molecule has 1 heterocycles. The Labute approximate surface area is 141 Å². The molecule has 0 aliphatic heterocycles. The molecule has 0 spiro atoms. The molecule has 1 aromatic heterocycles. The molecule has 22 heavy (non-hydrogen) atoms. The first-order valence-electron chi connectivity index (χ1n) is 6.91. The van der Waals surface area contributed by atoms with Crippen LogP contribution in [-0.4, -0.2) is 21.8 Å². The van der Waals surface area contributed by atoms with Crippen LogP contribution in [0.5, 0.6) is 0 Å². The summed E-state index contributed by atoms with van der Waals surface area (Å²) in [4.78, 5) is 18.5. The quantitative estimate of drug-likeness (QED) is 0.731. The average molecular weight is 384 g/mol. The van der Waals surface area contributed by atoms with E-state index in [0.717, 1.165) is 18.4 Å². The SMILES string of the molecule is O=C(c1cc(Br)cnc1Cl)N(Cc1cccc(F)c1)C1CC1. The Morgan fingerprint density at radius 1 is 1.41 bits per heavy atom. The Bertz CT molecular complexity index is 721. The number of hydrogen-bond donors (Lipinski definition) is 0. The van der Waals surface area contributed by atoms with Crippen LogP contribution in [-0.2, 0) is 6.54 Å². The van der Waals surface area contributed by atoms with Gasteiger partial charge in [-0.3, -0.25) is 4.79 Å². The molecule has 1 aromatic carbocycles. The highest BCUT2D eigenvalue weighted by Crippen LogP contribution is 2.31. The van der Waals surface area contributed by atoms with Crippen molar-refractivity contribution in [3.8, 4) is 0 Å². The van der Waals surface area contributed by atoms with Gasteiger partial charge in [0.1, 0.15) is 11.0 Å². The van der Waals surface area contributed by atoms with E-state index in [4.69, 9.17) is 11.6 Å². The largest absolute Gasteiger partial charge is 0.331 e. The second-order valence-electron chi connectivity index (χ2n) is 5.29. The minimum atomic E-state index is -0.303. The lowest BCUT2D eigenvalue weighted by molar-refractivity contribution is 0.0729. The normalized spacial score (nSPS) is 14.0. The Kier molecular flexibility index (Phi) is 4.45. The molecule has 0 saturated heterocycles. The van der Waals surface area contributed by atoms with E-state index < -0.39 is 0 Å². The smallest absolute Gasteiger partial charge is 0.257 e. The number of pyridine rings is 1. The third-order valence-corrected chi connectivity index (χ3v) is 4.26. The number of aromatic nitrogens is 1. The lowest BCUT2D eigenvalue weighted by Crippen LogP contribution is -2.33. The minimum Gasteiger partial charge on any atom is -0.331 e. The minimum absolute atomic E-state index is 0.175. The topological polar surface area (TPSA) is 33.2 Å². The van der Waals surface area contributed by atoms with Gasteiger partial charge in [-0.2, -0.15) is 0 Å². The van der Waals surface area contributed by atoms with Crippen molar-refractivity contribution in [2.45, 2.75) is 25.4 Å². The van der Waals surface area contributed by atoms with Crippen LogP contribution in [0.1, 0.15) is 28.8 Å². The van der Waals surface area contributed by atoms with Crippen LogP contribution >= 0.6 is 27.5 Å². The maximum Gasteiger partial charge on any atom is 0.257 e. The molecular weight excluding hydrogens is 371 g/mol. The first-order chi connectivity index (χ1) is 10.5. The van der Waals surface area contributed by atoms with Crippen LogP contribution in [0, 0.1) is 5.82 Å². The van der Waals surface area contributed by atoms with Crippen molar-refractivity contribution in [1.29, 1.82) is 0 Å². The highest BCUT2D eigenvalue weighted by molar-refractivity contribution is 9.10. The van der Waals surface area contributed by atoms with Gasteiger partial charge in [0.15, 0.2) is 0 Å². The van der Waals surface area contributed by atoms with Gasteiger partial charge in [0.2, 0.25) is 0 Å². The standard InChI is InChI=1S/C16H13BrClFN2O/c17-11-7-14(15(18)20-8-11)16(22)21(13-4-5-13)9-10-2-1-3-12(19)6-10/h1-3,6-8,13H,4-5,9H2. The summed E-state index contributed by atoms with van der Waals surface area (Å²) in [6, 6.07) is 8.15. The average Bonchev–Trinajstić information content (AvgIpc) is 3.31. The first-order valence-corrected chi connectivity index (χ1v) is 8.08. The number of rotatable bonds is 4. The molecule has 2 aromatic rings. The third-order valence-electron chi connectivity index (χ3n) is 3.53. The van der Waals surface area contributed by atoms with Crippen LogP contribution in [0.3, 0.4) is 0 Å². The molecule has 3 rings (SSSR count). The summed E-state index contributed by atoms with van der Waals surface area (Å²) in [5.74, 6) is -0.478. The zero-order valence-corrected chi connectivity index (χ0v) is 13.9. The van der Waals surface area contributed by atoms with Gasteiger partial charge in [0.05, 0.1) is 5.56 Å². The zero-order chi connectivity index (χ0) is 15.7. The highest BCUT2D eigenvalue weighted by Gasteiger charge is 2.34. The number of benzene rings is 1. The fourth-order valence-corrected chi connectivity index (χ4v) is 2.83. The third kappa shape index (κ3) is 3.47. The van der Waals surface area contributed by atoms with Crippen molar-refractivity contribution in [3.63, 3.8) is 0 Å². The van der Waals surface area contributed by atoms with E-state index in [1.54, 1.807) is 23.2 Å². The molecule has 0 N–H and O–H groups in total. The Morgan fingerprint density at radius 3 is 2.86 bits per heavy atom. The molecule has 0 bridgehead atoms. The lowest BCUT2D eigenvalue weighted by Gasteiger charge is -2.23. The number of hydrogen-bond acceptors (Lipinski definition) is 2. The van der Waals surface area contributed by atoms with E-state index >= 15 is 0 Å². The van der Waals surface area contributed by atoms with E-state index in [0.29, 0.717) is 16.6 Å². The van der Waals surface area contributed by atoms with Crippen LogP contribution < -0.4 is 0 Å². The Balaban J connectivity index is 1.88. The fraction of sp³-hybridized carbons (Fsp3) is 0.250. The molecular formula is C16H13BrClFN2O. The molecule has 1 fully saturated rings. The van der Waals surface area contributed by atoms with Crippen molar-refractivity contribution in [2.75, 3.05) is 0 Å². The van der Waals surface area contributed by atoms with Crippen molar-refractivity contribution in [2.24, 2.45) is 0 Å². The van der Waals surface area contributed by atoms with Crippen molar-refractivity contribution >= 4 is 33.4 Å². The Morgan fingerprint density at radius 2 is 2.18 bits per heavy atom. The fourth-order valence-electron chi connectivity index (χ4n) is 2.31. The van der Waals surface area contributed by atoms with E-state index in [1.807, 2.05) is 6.07 Å². The molecule has 6 heteroatoms. The molecule has 0 unspecified atom stereocenters. The Hall–Kier alpha value is -1.46. The van der Waals surface area contributed by atoms with Crippen LogP contribution in [0.15, 0.2) is 41.0 Å². The monoisotopic (exact) mass is 382 g/mol. The number of carbonyl (C=O) groups is 1. The van der Waals surface area contributed by atoms with E-state index in [2.05, 4.69) is 20.9 Å². The molecule has 0 radical (unpaired) electrons. The second-order valence-corrected chi connectivity index (χ2v) is 6.56. The molecule has 1 aliphatic carbocycles. The van der Waals surface area contributed by atoms with Gasteiger partial charge in [0, 0.05) is 23.3 Å². The van der Waals surface area contributed by atoms with Gasteiger partial charge in [-0.1, -0.05) is 23.7 Å². The van der Waals surface area contributed by atoms with Gasteiger partial charge < -0.3 is 4.90 Å². The van der Waals surface area contributed by atoms with Gasteiger partial charge in [-0.15, -0.1) is 0 Å². The summed E-state index contributed by atoms with van der Waals surface area (Å²) in [6.45, 7) is 0.365. The van der Waals surface area contributed by atoms with Crippen molar-refractivity contribution in [3.05, 3.63) is 63.1 Å². The number of amides is 1. The summed E-state index contributed by atoms with van der Waals surface area (Å²) in [7, 11) is 0. The van der Waals surface area contributed by atoms with Crippen molar-refractivity contribution in [1.82, 2.24) is 9.88 Å². The van der Waals surface area contributed by atoms with Crippen LogP contribution in [0.4, 0.5) is 4.39 Å². The summed E-state index contributed by atoms with van der Waals surface area (Å²) in [5.41, 5.74) is 1.12. The molecule has 114 valence electrons. The van der Waals surface area contributed by atoms with E-state index in [-0.39, 0.29) is 22.9 Å². The lowest BCUT2D eigenvalue weighted by atomic mass is 10.1. The van der Waals surface area contributed by atoms with Gasteiger partial charge in [0.25, 0.3) is 5.91 Å². The van der Waals surface area contributed by atoms with Crippen LogP contribution in [0.2, 0.25) is 5.15 Å². The summed E-state index contributed by atoms with van der Waals surface area (Å²) in [6.07, 6.45) is 3.47. The van der Waals surface area contributed by atoms with Crippen molar-refractivity contribution < 1.29 is 9.18 Å². The predicted molar refractivity (Wildman–Crippen MR) is 86.2 cm³/mol. The highest BCUT2D eigenvalue weighted by atomic mass is 79.9. The molecule has 1 saturated carbocycles. The number of nitrogens with zero attached hydrogens (tertiary/aromatic N) is 2. The first kappa shape index (κ1) is 15.4. The summed E-state index contributed by atoms with van der Waals surface area (Å²) < 4.78 is 14.0. The van der Waals surface area contributed by atoms with Gasteiger partial charge >= 0.3 is 0 Å². The summed E-state index contributed by atoms with van der Waals surface area (Å²) in [5, 5.41) is 0.179. The van der Waals surface area contributed by atoms with Gasteiger partial charge in [-0.05, 0) is 52.5 Å². The maximum absolute atomic E-state index is 13.3. The maximum atomic E-state index is 13.3. The van der Waals surface area contributed by atoms with Crippen LogP contribution in [0.25, 0.3) is 0 Å². The van der Waals surface area contributed by atoms with E-state index in [9.17, 15) is 9.18 Å². The van der Waals surface area contributed by atoms with E-state index in [1.165, 1.54) is 12.1 Å².